The Morgan fingerprint density at radius 1 is 1.17 bits per heavy atom. The van der Waals surface area contributed by atoms with Gasteiger partial charge in [0.25, 0.3) is 0 Å². The SMILES string of the molecule is CCCN(C(C)=O)c1cc2oc(-c3ccc(F)cc3)c(C(=O)OCC)c2cc1Br. The molecule has 1 heterocycles. The highest BCUT2D eigenvalue weighted by molar-refractivity contribution is 9.10. The fourth-order valence-corrected chi connectivity index (χ4v) is 3.75. The molecule has 0 aliphatic heterocycles. The molecular weight excluding hydrogens is 441 g/mol. The summed E-state index contributed by atoms with van der Waals surface area (Å²) in [4.78, 5) is 26.4. The minimum atomic E-state index is -0.526. The predicted molar refractivity (Wildman–Crippen MR) is 114 cm³/mol. The zero-order valence-corrected chi connectivity index (χ0v) is 18.0. The Labute approximate surface area is 176 Å². The van der Waals surface area contributed by atoms with Crippen molar-refractivity contribution < 1.29 is 23.1 Å². The first-order chi connectivity index (χ1) is 13.9. The molecule has 0 unspecified atom stereocenters. The van der Waals surface area contributed by atoms with Gasteiger partial charge in [0.15, 0.2) is 0 Å². The van der Waals surface area contributed by atoms with E-state index in [2.05, 4.69) is 15.9 Å². The molecule has 0 saturated heterocycles. The van der Waals surface area contributed by atoms with Gasteiger partial charge in [-0.05, 0) is 59.6 Å². The number of hydrogen-bond acceptors (Lipinski definition) is 4. The second-order valence-corrected chi connectivity index (χ2v) is 7.36. The van der Waals surface area contributed by atoms with Gasteiger partial charge in [0.2, 0.25) is 5.91 Å². The largest absolute Gasteiger partial charge is 0.462 e. The highest BCUT2D eigenvalue weighted by atomic mass is 79.9. The quantitative estimate of drug-likeness (QED) is 0.426. The third-order valence-electron chi connectivity index (χ3n) is 4.46. The van der Waals surface area contributed by atoms with Crippen LogP contribution in [0.15, 0.2) is 45.3 Å². The second kappa shape index (κ2) is 8.78. The number of ether oxygens (including phenoxy) is 1. The molecule has 0 spiro atoms. The molecule has 0 saturated carbocycles. The number of benzene rings is 2. The lowest BCUT2D eigenvalue weighted by molar-refractivity contribution is -0.116. The number of anilines is 1. The molecule has 1 amide bonds. The highest BCUT2D eigenvalue weighted by Crippen LogP contribution is 2.39. The number of rotatable bonds is 6. The van der Waals surface area contributed by atoms with Crippen molar-refractivity contribution in [2.45, 2.75) is 27.2 Å². The van der Waals surface area contributed by atoms with E-state index in [1.165, 1.54) is 19.1 Å². The van der Waals surface area contributed by atoms with Crippen LogP contribution in [0.5, 0.6) is 0 Å². The Bertz CT molecular complexity index is 1060. The van der Waals surface area contributed by atoms with E-state index < -0.39 is 5.97 Å². The van der Waals surface area contributed by atoms with Crippen LogP contribution in [-0.2, 0) is 9.53 Å². The van der Waals surface area contributed by atoms with Gasteiger partial charge in [-0.25, -0.2) is 9.18 Å². The fourth-order valence-electron chi connectivity index (χ4n) is 3.19. The zero-order valence-electron chi connectivity index (χ0n) is 16.4. The number of amides is 1. The van der Waals surface area contributed by atoms with Gasteiger partial charge < -0.3 is 14.1 Å². The van der Waals surface area contributed by atoms with Gasteiger partial charge in [-0.15, -0.1) is 0 Å². The third-order valence-corrected chi connectivity index (χ3v) is 5.10. The summed E-state index contributed by atoms with van der Waals surface area (Å²) in [6.07, 6.45) is 0.789. The molecule has 0 fully saturated rings. The van der Waals surface area contributed by atoms with Crippen molar-refractivity contribution in [3.05, 3.63) is 52.3 Å². The van der Waals surface area contributed by atoms with E-state index in [0.29, 0.717) is 39.0 Å². The average Bonchev–Trinajstić information content (AvgIpc) is 3.04. The monoisotopic (exact) mass is 461 g/mol. The maximum Gasteiger partial charge on any atom is 0.342 e. The number of halogens is 2. The van der Waals surface area contributed by atoms with Crippen LogP contribution in [0, 0.1) is 5.82 Å². The topological polar surface area (TPSA) is 59.8 Å². The summed E-state index contributed by atoms with van der Waals surface area (Å²) in [6.45, 7) is 5.97. The smallest absolute Gasteiger partial charge is 0.342 e. The van der Waals surface area contributed by atoms with E-state index in [-0.39, 0.29) is 23.9 Å². The molecule has 0 N–H and O–H groups in total. The summed E-state index contributed by atoms with van der Waals surface area (Å²) in [5.74, 6) is -0.707. The minimum absolute atomic E-state index is 0.0946. The van der Waals surface area contributed by atoms with Crippen LogP contribution >= 0.6 is 15.9 Å². The summed E-state index contributed by atoms with van der Waals surface area (Å²) in [5, 5.41) is 0.554. The Hall–Kier alpha value is -2.67. The van der Waals surface area contributed by atoms with Crippen molar-refractivity contribution >= 4 is 44.5 Å². The molecule has 3 aromatic rings. The molecule has 0 aliphatic rings. The molecule has 3 rings (SSSR count). The fraction of sp³-hybridized carbons (Fsp3) is 0.273. The van der Waals surface area contributed by atoms with Gasteiger partial charge in [0, 0.05) is 35.0 Å². The number of fused-ring (bicyclic) bond motifs is 1. The Balaban J connectivity index is 2.25. The standard InChI is InChI=1S/C22H21BrFNO4/c1-4-10-25(13(3)26)18-12-19-16(11-17(18)23)20(22(27)28-5-2)21(29-19)14-6-8-15(24)9-7-14/h6-9,11-12H,4-5,10H2,1-3H3. The van der Waals surface area contributed by atoms with Gasteiger partial charge >= 0.3 is 5.97 Å². The zero-order chi connectivity index (χ0) is 21.1. The van der Waals surface area contributed by atoms with Crippen LogP contribution in [0.4, 0.5) is 10.1 Å². The maximum absolute atomic E-state index is 13.4. The molecule has 0 radical (unpaired) electrons. The molecule has 7 heteroatoms. The molecule has 0 bridgehead atoms. The molecule has 29 heavy (non-hydrogen) atoms. The first-order valence-corrected chi connectivity index (χ1v) is 10.1. The number of carbonyl (C=O) groups excluding carboxylic acids is 2. The third kappa shape index (κ3) is 4.19. The van der Waals surface area contributed by atoms with E-state index in [1.54, 1.807) is 36.1 Å². The number of esters is 1. The molecule has 2 aromatic carbocycles. The summed E-state index contributed by atoms with van der Waals surface area (Å²) in [5.41, 5.74) is 1.92. The van der Waals surface area contributed by atoms with Crippen LogP contribution in [-0.4, -0.2) is 25.0 Å². The number of nitrogens with zero attached hydrogens (tertiary/aromatic N) is 1. The molecule has 152 valence electrons. The number of furan rings is 1. The van der Waals surface area contributed by atoms with E-state index in [9.17, 15) is 14.0 Å². The van der Waals surface area contributed by atoms with Gasteiger partial charge in [-0.2, -0.15) is 0 Å². The lowest BCUT2D eigenvalue weighted by Gasteiger charge is -2.21. The lowest BCUT2D eigenvalue weighted by Crippen LogP contribution is -2.29. The van der Waals surface area contributed by atoms with Crippen molar-refractivity contribution in [1.82, 2.24) is 0 Å². The molecule has 5 nitrogen and oxygen atoms in total. The molecule has 0 atom stereocenters. The summed E-state index contributed by atoms with van der Waals surface area (Å²) >= 11 is 3.52. The Morgan fingerprint density at radius 3 is 2.45 bits per heavy atom. The van der Waals surface area contributed by atoms with Gasteiger partial charge in [0.05, 0.1) is 12.3 Å². The number of carbonyl (C=O) groups is 2. The Morgan fingerprint density at radius 2 is 1.86 bits per heavy atom. The molecular formula is C22H21BrFNO4. The Kier molecular flexibility index (Phi) is 6.37. The number of hydrogen-bond donors (Lipinski definition) is 0. The van der Waals surface area contributed by atoms with Crippen molar-refractivity contribution in [2.75, 3.05) is 18.1 Å². The predicted octanol–water partition coefficient (Wildman–Crippen LogP) is 5.94. The van der Waals surface area contributed by atoms with Crippen molar-refractivity contribution in [3.63, 3.8) is 0 Å². The first kappa shape index (κ1) is 21.0. The van der Waals surface area contributed by atoms with Gasteiger partial charge in [0.1, 0.15) is 22.7 Å². The van der Waals surface area contributed by atoms with Crippen LogP contribution in [0.1, 0.15) is 37.6 Å². The summed E-state index contributed by atoms with van der Waals surface area (Å²) in [7, 11) is 0. The van der Waals surface area contributed by atoms with E-state index in [1.807, 2.05) is 6.92 Å². The van der Waals surface area contributed by atoms with Crippen LogP contribution in [0.3, 0.4) is 0 Å². The van der Waals surface area contributed by atoms with Gasteiger partial charge in [-0.1, -0.05) is 6.92 Å². The minimum Gasteiger partial charge on any atom is -0.462 e. The van der Waals surface area contributed by atoms with Crippen LogP contribution in [0.25, 0.3) is 22.3 Å². The summed E-state index contributed by atoms with van der Waals surface area (Å²) < 4.78 is 25.3. The van der Waals surface area contributed by atoms with E-state index in [0.717, 1.165) is 6.42 Å². The molecule has 1 aromatic heterocycles. The van der Waals surface area contributed by atoms with Gasteiger partial charge in [-0.3, -0.25) is 4.79 Å². The van der Waals surface area contributed by atoms with Crippen LogP contribution < -0.4 is 4.90 Å². The van der Waals surface area contributed by atoms with E-state index >= 15 is 0 Å². The molecule has 0 aliphatic carbocycles. The maximum atomic E-state index is 13.4. The van der Waals surface area contributed by atoms with Crippen LogP contribution in [0.2, 0.25) is 0 Å². The first-order valence-electron chi connectivity index (χ1n) is 9.34. The van der Waals surface area contributed by atoms with Crippen molar-refractivity contribution in [3.8, 4) is 11.3 Å². The van der Waals surface area contributed by atoms with Crippen molar-refractivity contribution in [1.29, 1.82) is 0 Å². The summed E-state index contributed by atoms with van der Waals surface area (Å²) in [6, 6.07) is 9.18. The average molecular weight is 462 g/mol. The highest BCUT2D eigenvalue weighted by Gasteiger charge is 2.25. The lowest BCUT2D eigenvalue weighted by atomic mass is 10.0. The van der Waals surface area contributed by atoms with E-state index in [4.69, 9.17) is 9.15 Å². The normalized spacial score (nSPS) is 10.9. The second-order valence-electron chi connectivity index (χ2n) is 6.50. The van der Waals surface area contributed by atoms with Crippen molar-refractivity contribution in [2.24, 2.45) is 0 Å².